The highest BCUT2D eigenvalue weighted by Gasteiger charge is 2.25. The molecule has 1 aliphatic rings. The summed E-state index contributed by atoms with van der Waals surface area (Å²) >= 11 is 6.21. The fourth-order valence-electron chi connectivity index (χ4n) is 2.36. The average molecular weight is 285 g/mol. The fraction of sp³-hybridized carbons (Fsp3) is 0.462. The van der Waals surface area contributed by atoms with Crippen LogP contribution in [0.15, 0.2) is 12.1 Å². The predicted octanol–water partition coefficient (Wildman–Crippen LogP) is 1.67. The van der Waals surface area contributed by atoms with Gasteiger partial charge >= 0.3 is 5.97 Å². The normalized spacial score (nSPS) is 19.3. The quantitative estimate of drug-likeness (QED) is 0.638. The molecule has 0 saturated carbocycles. The molecule has 1 unspecified atom stereocenters. The number of β-amino-alcohol motifs (C(OH)–C–C–N with tert-alkyl or cyclic N) is 1. The summed E-state index contributed by atoms with van der Waals surface area (Å²) in [6, 6.07) is 3.15. The number of halogens is 1. The molecule has 1 aromatic carbocycles. The van der Waals surface area contributed by atoms with Gasteiger partial charge in [0.05, 0.1) is 29.5 Å². The summed E-state index contributed by atoms with van der Waals surface area (Å²) < 4.78 is 4.76. The molecule has 1 heterocycles. The van der Waals surface area contributed by atoms with Gasteiger partial charge in [0.25, 0.3) is 0 Å². The Hall–Kier alpha value is -1.46. The Kier molecular flexibility index (Phi) is 4.17. The van der Waals surface area contributed by atoms with Crippen molar-refractivity contribution in [3.8, 4) is 0 Å². The summed E-state index contributed by atoms with van der Waals surface area (Å²) in [5, 5.41) is 10.1. The Bertz CT molecular complexity index is 493. The van der Waals surface area contributed by atoms with Gasteiger partial charge < -0.3 is 20.5 Å². The number of carbonyl (C=O) groups excluding carboxylic acids is 1. The van der Waals surface area contributed by atoms with Gasteiger partial charge in [-0.15, -0.1) is 0 Å². The van der Waals surface area contributed by atoms with Crippen LogP contribution in [0.1, 0.15) is 23.2 Å². The summed E-state index contributed by atoms with van der Waals surface area (Å²) in [5.74, 6) is -0.482. The van der Waals surface area contributed by atoms with Crippen LogP contribution in [-0.4, -0.2) is 37.4 Å². The minimum Gasteiger partial charge on any atom is -0.465 e. The number of nitrogens with two attached hydrogens (primary N) is 1. The van der Waals surface area contributed by atoms with Crippen LogP contribution in [0.25, 0.3) is 0 Å². The SMILES string of the molecule is COC(=O)c1cc(N)cc(Cl)c1N1CCCC(O)C1. The zero-order chi connectivity index (χ0) is 14.0. The van der Waals surface area contributed by atoms with Gasteiger partial charge in [0, 0.05) is 18.8 Å². The van der Waals surface area contributed by atoms with E-state index in [-0.39, 0.29) is 0 Å². The lowest BCUT2D eigenvalue weighted by atomic mass is 10.0. The second kappa shape index (κ2) is 5.67. The number of esters is 1. The number of piperidine rings is 1. The van der Waals surface area contributed by atoms with E-state index in [1.54, 1.807) is 12.1 Å². The van der Waals surface area contributed by atoms with Crippen molar-refractivity contribution >= 4 is 28.9 Å². The molecule has 1 fully saturated rings. The minimum absolute atomic E-state index is 0.335. The third-order valence-corrected chi connectivity index (χ3v) is 3.49. The number of ether oxygens (including phenoxy) is 1. The maximum atomic E-state index is 11.8. The van der Waals surface area contributed by atoms with Crippen LogP contribution in [0.4, 0.5) is 11.4 Å². The molecule has 5 nitrogen and oxygen atoms in total. The molecule has 6 heteroatoms. The van der Waals surface area contributed by atoms with Gasteiger partial charge in [-0.1, -0.05) is 11.6 Å². The first-order chi connectivity index (χ1) is 9.02. The molecule has 1 saturated heterocycles. The molecule has 0 aliphatic carbocycles. The molecule has 1 aromatic rings. The third kappa shape index (κ3) is 2.93. The van der Waals surface area contributed by atoms with Crippen molar-refractivity contribution in [1.82, 2.24) is 0 Å². The molecular weight excluding hydrogens is 268 g/mol. The highest BCUT2D eigenvalue weighted by atomic mass is 35.5. The van der Waals surface area contributed by atoms with Crippen LogP contribution in [0, 0.1) is 0 Å². The van der Waals surface area contributed by atoms with Gasteiger partial charge in [-0.3, -0.25) is 0 Å². The predicted molar refractivity (Wildman–Crippen MR) is 74.7 cm³/mol. The molecule has 104 valence electrons. The Morgan fingerprint density at radius 3 is 2.95 bits per heavy atom. The molecule has 0 aromatic heterocycles. The van der Waals surface area contributed by atoms with E-state index in [1.807, 2.05) is 4.90 Å². The summed E-state index contributed by atoms with van der Waals surface area (Å²) in [7, 11) is 1.31. The number of nitrogen functional groups attached to an aromatic ring is 1. The summed E-state index contributed by atoms with van der Waals surface area (Å²) in [4.78, 5) is 13.7. The van der Waals surface area contributed by atoms with E-state index in [0.717, 1.165) is 19.4 Å². The molecule has 0 radical (unpaired) electrons. The largest absolute Gasteiger partial charge is 0.465 e. The van der Waals surface area contributed by atoms with Crippen molar-refractivity contribution in [1.29, 1.82) is 0 Å². The maximum absolute atomic E-state index is 11.8. The fourth-order valence-corrected chi connectivity index (χ4v) is 2.71. The summed E-state index contributed by atoms with van der Waals surface area (Å²) in [6.07, 6.45) is 1.20. The van der Waals surface area contributed by atoms with E-state index in [9.17, 15) is 9.90 Å². The van der Waals surface area contributed by atoms with E-state index in [1.165, 1.54) is 7.11 Å². The number of nitrogens with zero attached hydrogens (tertiary/aromatic N) is 1. The third-order valence-electron chi connectivity index (χ3n) is 3.20. The number of carbonyl (C=O) groups is 1. The van der Waals surface area contributed by atoms with Crippen LogP contribution in [0.3, 0.4) is 0 Å². The smallest absolute Gasteiger partial charge is 0.340 e. The van der Waals surface area contributed by atoms with Crippen molar-refractivity contribution in [2.45, 2.75) is 18.9 Å². The van der Waals surface area contributed by atoms with Gasteiger partial charge in [0.15, 0.2) is 0 Å². The molecule has 2 rings (SSSR count). The lowest BCUT2D eigenvalue weighted by Crippen LogP contribution is -2.39. The van der Waals surface area contributed by atoms with E-state index in [2.05, 4.69) is 0 Å². The standard InChI is InChI=1S/C13H17ClN2O3/c1-19-13(18)10-5-8(15)6-11(14)12(10)16-4-2-3-9(17)7-16/h5-6,9,17H,2-4,7,15H2,1H3. The van der Waals surface area contributed by atoms with Crippen LogP contribution in [-0.2, 0) is 4.74 Å². The number of hydrogen-bond acceptors (Lipinski definition) is 5. The van der Waals surface area contributed by atoms with Crippen LogP contribution < -0.4 is 10.6 Å². The number of aliphatic hydroxyl groups excluding tert-OH is 1. The van der Waals surface area contributed by atoms with Gasteiger partial charge in [-0.25, -0.2) is 4.79 Å². The van der Waals surface area contributed by atoms with Crippen molar-refractivity contribution in [3.05, 3.63) is 22.7 Å². The molecule has 0 amide bonds. The van der Waals surface area contributed by atoms with Gasteiger partial charge in [-0.2, -0.15) is 0 Å². The van der Waals surface area contributed by atoms with E-state index in [0.29, 0.717) is 28.5 Å². The molecule has 1 atom stereocenters. The van der Waals surface area contributed by atoms with Crippen LogP contribution in [0.5, 0.6) is 0 Å². The van der Waals surface area contributed by atoms with Crippen LogP contribution in [0.2, 0.25) is 5.02 Å². The highest BCUT2D eigenvalue weighted by molar-refractivity contribution is 6.34. The van der Waals surface area contributed by atoms with Gasteiger partial charge in [0.2, 0.25) is 0 Å². The van der Waals surface area contributed by atoms with Crippen molar-refractivity contribution in [2.75, 3.05) is 30.8 Å². The second-order valence-electron chi connectivity index (χ2n) is 4.63. The minimum atomic E-state index is -0.482. The molecule has 19 heavy (non-hydrogen) atoms. The second-order valence-corrected chi connectivity index (χ2v) is 5.04. The van der Waals surface area contributed by atoms with E-state index >= 15 is 0 Å². The number of anilines is 2. The first-order valence-corrected chi connectivity index (χ1v) is 6.51. The molecular formula is C13H17ClN2O3. The number of benzene rings is 1. The van der Waals surface area contributed by atoms with E-state index < -0.39 is 12.1 Å². The maximum Gasteiger partial charge on any atom is 0.340 e. The van der Waals surface area contributed by atoms with Gasteiger partial charge in [-0.05, 0) is 25.0 Å². The lowest BCUT2D eigenvalue weighted by molar-refractivity contribution is 0.0601. The lowest BCUT2D eigenvalue weighted by Gasteiger charge is -2.33. The van der Waals surface area contributed by atoms with Crippen molar-refractivity contribution in [2.24, 2.45) is 0 Å². The van der Waals surface area contributed by atoms with E-state index in [4.69, 9.17) is 22.1 Å². The summed E-state index contributed by atoms with van der Waals surface area (Å²) in [6.45, 7) is 1.19. The first-order valence-electron chi connectivity index (χ1n) is 6.13. The summed E-state index contributed by atoms with van der Waals surface area (Å²) in [5.41, 5.74) is 7.05. The van der Waals surface area contributed by atoms with Crippen LogP contribution >= 0.6 is 11.6 Å². The Morgan fingerprint density at radius 2 is 2.32 bits per heavy atom. The Morgan fingerprint density at radius 1 is 1.58 bits per heavy atom. The molecule has 0 spiro atoms. The Balaban J connectivity index is 2.45. The number of hydrogen-bond donors (Lipinski definition) is 2. The molecule has 3 N–H and O–H groups in total. The zero-order valence-corrected chi connectivity index (χ0v) is 11.5. The number of aliphatic hydroxyl groups is 1. The first kappa shape index (κ1) is 14.0. The average Bonchev–Trinajstić information content (AvgIpc) is 2.36. The van der Waals surface area contributed by atoms with Gasteiger partial charge in [0.1, 0.15) is 0 Å². The Labute approximate surface area is 116 Å². The highest BCUT2D eigenvalue weighted by Crippen LogP contribution is 2.34. The monoisotopic (exact) mass is 284 g/mol. The molecule has 0 bridgehead atoms. The number of rotatable bonds is 2. The number of methoxy groups -OCH3 is 1. The topological polar surface area (TPSA) is 75.8 Å². The zero-order valence-electron chi connectivity index (χ0n) is 10.7. The van der Waals surface area contributed by atoms with Crippen molar-refractivity contribution in [3.63, 3.8) is 0 Å². The molecule has 1 aliphatic heterocycles. The van der Waals surface area contributed by atoms with Crippen molar-refractivity contribution < 1.29 is 14.6 Å².